The smallest absolute Gasteiger partial charge is 0.320 e. The molecule has 1 aromatic rings. The molecule has 6 heteroatoms. The van der Waals surface area contributed by atoms with Crippen LogP contribution in [0.2, 0.25) is 0 Å². The lowest BCUT2D eigenvalue weighted by Gasteiger charge is -2.38. The lowest BCUT2D eigenvalue weighted by molar-refractivity contribution is -0.143. The van der Waals surface area contributed by atoms with Gasteiger partial charge in [-0.25, -0.2) is 0 Å². The molecule has 21 heavy (non-hydrogen) atoms. The Kier molecular flexibility index (Phi) is 4.99. The molecule has 116 valence electrons. The monoisotopic (exact) mass is 372 g/mol. The molecule has 0 amide bonds. The summed E-state index contributed by atoms with van der Waals surface area (Å²) in [5, 5.41) is 11.5. The molecule has 0 radical (unpaired) electrons. The Morgan fingerprint density at radius 2 is 2.10 bits per heavy atom. The van der Waals surface area contributed by atoms with Crippen LogP contribution in [0.25, 0.3) is 0 Å². The minimum absolute atomic E-state index is 0.241. The number of carboxylic acids is 1. The number of hydrogen-bond donors (Lipinski definition) is 1. The highest BCUT2D eigenvalue weighted by Crippen LogP contribution is 2.27. The van der Waals surface area contributed by atoms with Crippen LogP contribution in [0.1, 0.15) is 31.2 Å². The van der Waals surface area contributed by atoms with E-state index in [9.17, 15) is 9.90 Å². The van der Waals surface area contributed by atoms with Gasteiger partial charge in [-0.1, -0.05) is 0 Å². The molecular weight excluding hydrogens is 352 g/mol. The number of aliphatic carboxylic acids is 1. The summed E-state index contributed by atoms with van der Waals surface area (Å²) in [5.41, 5.74) is 1.37. The van der Waals surface area contributed by atoms with Crippen LogP contribution in [0.4, 0.5) is 0 Å². The summed E-state index contributed by atoms with van der Waals surface area (Å²) in [6, 6.07) is 2.41. The number of hydrogen-bond acceptors (Lipinski definition) is 4. The summed E-state index contributed by atoms with van der Waals surface area (Å²) >= 11 is 5.24. The molecule has 0 aliphatic carbocycles. The van der Waals surface area contributed by atoms with Crippen molar-refractivity contribution in [2.75, 3.05) is 19.6 Å². The predicted octanol–water partition coefficient (Wildman–Crippen LogP) is 3.02. The lowest BCUT2D eigenvalue weighted by atomic mass is 10.0. The van der Waals surface area contributed by atoms with Gasteiger partial charge in [0.1, 0.15) is 6.04 Å². The van der Waals surface area contributed by atoms with Crippen molar-refractivity contribution in [3.8, 4) is 0 Å². The highest BCUT2D eigenvalue weighted by atomic mass is 79.9. The number of likely N-dealkylation sites (tertiary alicyclic amines) is 2. The summed E-state index contributed by atoms with van der Waals surface area (Å²) in [5.74, 6) is -0.641. The number of carbonyl (C=O) groups is 1. The van der Waals surface area contributed by atoms with Gasteiger partial charge in [-0.05, 0) is 78.3 Å². The molecule has 1 aromatic heterocycles. The van der Waals surface area contributed by atoms with E-state index in [1.807, 2.05) is 0 Å². The van der Waals surface area contributed by atoms with E-state index in [2.05, 4.69) is 37.2 Å². The lowest BCUT2D eigenvalue weighted by Crippen LogP contribution is -2.48. The summed E-state index contributed by atoms with van der Waals surface area (Å²) in [4.78, 5) is 16.0. The molecule has 3 rings (SSSR count). The highest BCUT2D eigenvalue weighted by molar-refractivity contribution is 9.11. The van der Waals surface area contributed by atoms with Crippen LogP contribution in [0, 0.1) is 0 Å². The number of piperidine rings is 1. The maximum absolute atomic E-state index is 11.3. The zero-order valence-electron chi connectivity index (χ0n) is 12.0. The summed E-state index contributed by atoms with van der Waals surface area (Å²) in [7, 11) is 0. The predicted molar refractivity (Wildman–Crippen MR) is 87.7 cm³/mol. The maximum atomic E-state index is 11.3. The molecule has 2 aliphatic heterocycles. The molecule has 0 bridgehead atoms. The van der Waals surface area contributed by atoms with Crippen LogP contribution in [0.5, 0.6) is 0 Å². The SMILES string of the molecule is O=C(O)C1CCCN1C1CCN(Cc2csc(Br)c2)CC1. The largest absolute Gasteiger partial charge is 0.480 e. The minimum Gasteiger partial charge on any atom is -0.480 e. The van der Waals surface area contributed by atoms with Gasteiger partial charge in [-0.2, -0.15) is 0 Å². The topological polar surface area (TPSA) is 43.8 Å². The van der Waals surface area contributed by atoms with E-state index < -0.39 is 5.97 Å². The van der Waals surface area contributed by atoms with Gasteiger partial charge in [-0.3, -0.25) is 14.6 Å². The van der Waals surface area contributed by atoms with Gasteiger partial charge >= 0.3 is 5.97 Å². The van der Waals surface area contributed by atoms with Crippen molar-refractivity contribution in [1.29, 1.82) is 0 Å². The van der Waals surface area contributed by atoms with E-state index in [1.54, 1.807) is 11.3 Å². The first kappa shape index (κ1) is 15.5. The van der Waals surface area contributed by atoms with E-state index in [0.29, 0.717) is 6.04 Å². The molecule has 2 saturated heterocycles. The van der Waals surface area contributed by atoms with Gasteiger partial charge in [0.15, 0.2) is 0 Å². The third kappa shape index (κ3) is 3.67. The molecule has 0 spiro atoms. The zero-order chi connectivity index (χ0) is 14.8. The van der Waals surface area contributed by atoms with Crippen molar-refractivity contribution in [1.82, 2.24) is 9.80 Å². The summed E-state index contributed by atoms with van der Waals surface area (Å²) < 4.78 is 1.19. The second-order valence-electron chi connectivity index (χ2n) is 6.00. The van der Waals surface area contributed by atoms with E-state index in [-0.39, 0.29) is 6.04 Å². The minimum atomic E-state index is -0.641. The van der Waals surface area contributed by atoms with Gasteiger partial charge in [0.2, 0.25) is 0 Å². The Balaban J connectivity index is 1.52. The fourth-order valence-electron chi connectivity index (χ4n) is 3.59. The van der Waals surface area contributed by atoms with Crippen LogP contribution in [0.3, 0.4) is 0 Å². The molecule has 0 aromatic carbocycles. The number of nitrogens with zero attached hydrogens (tertiary/aromatic N) is 2. The molecule has 1 atom stereocenters. The Morgan fingerprint density at radius 1 is 1.33 bits per heavy atom. The third-order valence-electron chi connectivity index (χ3n) is 4.63. The normalized spacial score (nSPS) is 25.5. The number of halogens is 1. The highest BCUT2D eigenvalue weighted by Gasteiger charge is 2.36. The molecule has 3 heterocycles. The van der Waals surface area contributed by atoms with Crippen LogP contribution in [-0.4, -0.2) is 52.6 Å². The van der Waals surface area contributed by atoms with Crippen molar-refractivity contribution < 1.29 is 9.90 Å². The average molecular weight is 373 g/mol. The van der Waals surface area contributed by atoms with Crippen molar-refractivity contribution in [2.45, 2.75) is 44.3 Å². The Labute approximate surface area is 137 Å². The first-order valence-corrected chi connectivity index (χ1v) is 9.24. The van der Waals surface area contributed by atoms with Gasteiger partial charge < -0.3 is 5.11 Å². The van der Waals surface area contributed by atoms with Crippen molar-refractivity contribution in [3.63, 3.8) is 0 Å². The van der Waals surface area contributed by atoms with Crippen molar-refractivity contribution in [2.24, 2.45) is 0 Å². The third-order valence-corrected chi connectivity index (χ3v) is 6.19. The molecule has 2 fully saturated rings. The first-order chi connectivity index (χ1) is 10.1. The van der Waals surface area contributed by atoms with Gasteiger partial charge in [0.25, 0.3) is 0 Å². The van der Waals surface area contributed by atoms with Crippen LogP contribution in [0.15, 0.2) is 15.2 Å². The van der Waals surface area contributed by atoms with E-state index in [4.69, 9.17) is 0 Å². The summed E-state index contributed by atoms with van der Waals surface area (Å²) in [6.45, 7) is 4.11. The van der Waals surface area contributed by atoms with Crippen LogP contribution >= 0.6 is 27.3 Å². The van der Waals surface area contributed by atoms with E-state index in [1.165, 1.54) is 9.35 Å². The van der Waals surface area contributed by atoms with E-state index >= 15 is 0 Å². The summed E-state index contributed by atoms with van der Waals surface area (Å²) in [6.07, 6.45) is 4.03. The molecule has 0 saturated carbocycles. The average Bonchev–Trinajstić information content (AvgIpc) is 3.09. The Hall–Kier alpha value is -0.430. The van der Waals surface area contributed by atoms with Crippen LogP contribution < -0.4 is 0 Å². The van der Waals surface area contributed by atoms with Crippen molar-refractivity contribution >= 4 is 33.2 Å². The zero-order valence-corrected chi connectivity index (χ0v) is 14.4. The number of thiophene rings is 1. The Bertz CT molecular complexity index is 500. The maximum Gasteiger partial charge on any atom is 0.320 e. The fraction of sp³-hybridized carbons (Fsp3) is 0.667. The fourth-order valence-corrected chi connectivity index (χ4v) is 4.79. The van der Waals surface area contributed by atoms with Gasteiger partial charge in [-0.15, -0.1) is 11.3 Å². The van der Waals surface area contributed by atoms with Crippen molar-refractivity contribution in [3.05, 3.63) is 20.8 Å². The van der Waals surface area contributed by atoms with E-state index in [0.717, 1.165) is 51.9 Å². The standard InChI is InChI=1S/C15H21BrN2O2S/c16-14-8-11(10-21-14)9-17-6-3-12(4-7-17)18-5-1-2-13(18)15(19)20/h8,10,12-13H,1-7,9H2,(H,19,20). The second kappa shape index (κ2) is 6.77. The second-order valence-corrected chi connectivity index (χ2v) is 8.29. The van der Waals surface area contributed by atoms with Gasteiger partial charge in [0, 0.05) is 12.6 Å². The van der Waals surface area contributed by atoms with Crippen LogP contribution in [-0.2, 0) is 11.3 Å². The number of carboxylic acid groups (broad SMARTS) is 1. The molecule has 2 aliphatic rings. The molecule has 1 unspecified atom stereocenters. The van der Waals surface area contributed by atoms with Gasteiger partial charge in [0.05, 0.1) is 3.79 Å². The number of rotatable bonds is 4. The first-order valence-electron chi connectivity index (χ1n) is 7.57. The quantitative estimate of drug-likeness (QED) is 0.881. The molecule has 1 N–H and O–H groups in total. The Morgan fingerprint density at radius 3 is 2.71 bits per heavy atom. The molecular formula is C15H21BrN2O2S. The molecule has 4 nitrogen and oxygen atoms in total.